The number of hydrogen-bond donors (Lipinski definition) is 6. The van der Waals surface area contributed by atoms with Crippen molar-refractivity contribution in [2.45, 2.75) is 37.5 Å². The Morgan fingerprint density at radius 3 is 2.21 bits per heavy atom. The van der Waals surface area contributed by atoms with Crippen molar-refractivity contribution >= 4 is 23.7 Å². The van der Waals surface area contributed by atoms with Gasteiger partial charge in [0.2, 0.25) is 5.91 Å². The molecule has 0 radical (unpaired) electrons. The van der Waals surface area contributed by atoms with Crippen LogP contribution in [-0.4, -0.2) is 44.6 Å². The Labute approximate surface area is 216 Å². The number of aromatic hydroxyl groups is 2. The second kappa shape index (κ2) is 9.60. The van der Waals surface area contributed by atoms with Crippen LogP contribution in [0.25, 0.3) is 0 Å². The van der Waals surface area contributed by atoms with Crippen molar-refractivity contribution < 1.29 is 44.3 Å². The second-order valence-electron chi connectivity index (χ2n) is 9.02. The first kappa shape index (κ1) is 24.9. The normalized spacial score (nSPS) is 14.9. The first-order valence-electron chi connectivity index (χ1n) is 11.9. The van der Waals surface area contributed by atoms with E-state index in [1.54, 1.807) is 35.6 Å². The van der Waals surface area contributed by atoms with Gasteiger partial charge in [-0.2, -0.15) is 0 Å². The van der Waals surface area contributed by atoms with E-state index in [-0.39, 0.29) is 41.4 Å². The van der Waals surface area contributed by atoms with Crippen molar-refractivity contribution in [3.05, 3.63) is 76.9 Å². The highest BCUT2D eigenvalue weighted by atomic mass is 16.6. The van der Waals surface area contributed by atoms with Crippen molar-refractivity contribution in [3.8, 4) is 23.0 Å². The number of fused-ring (bicyclic) bond motifs is 6. The molecule has 2 amide bonds. The molecule has 2 heterocycles. The molecule has 38 heavy (non-hydrogen) atoms. The number of phenolic OH excluding ortho intramolecular Hbond substituents is 2. The molecule has 6 N–H and O–H groups in total. The number of anilines is 1. The zero-order valence-corrected chi connectivity index (χ0v) is 19.9. The Balaban J connectivity index is 1.45. The van der Waals surface area contributed by atoms with Gasteiger partial charge in [-0.25, -0.2) is 9.59 Å². The lowest BCUT2D eigenvalue weighted by molar-refractivity contribution is -0.120. The summed E-state index contributed by atoms with van der Waals surface area (Å²) >= 11 is 0. The van der Waals surface area contributed by atoms with Gasteiger partial charge in [0.15, 0.2) is 5.60 Å². The van der Waals surface area contributed by atoms with Gasteiger partial charge in [0.25, 0.3) is 0 Å². The van der Waals surface area contributed by atoms with E-state index in [2.05, 4.69) is 5.32 Å². The number of aliphatic hydroxyl groups excluding tert-OH is 1. The summed E-state index contributed by atoms with van der Waals surface area (Å²) in [5.74, 6) is -0.839. The number of carbonyl (C=O) groups is 3. The average Bonchev–Trinajstić information content (AvgIpc) is 3.14. The number of unbranched alkanes of at least 4 members (excludes halogenated alkanes) is 1. The van der Waals surface area contributed by atoms with Crippen LogP contribution < -0.4 is 15.4 Å². The van der Waals surface area contributed by atoms with E-state index in [1.165, 1.54) is 24.3 Å². The van der Waals surface area contributed by atoms with Crippen molar-refractivity contribution in [1.29, 1.82) is 0 Å². The smallest absolute Gasteiger partial charge is 0.411 e. The molecular formula is C27H24N2O9. The summed E-state index contributed by atoms with van der Waals surface area (Å²) in [5, 5.41) is 43.9. The van der Waals surface area contributed by atoms with Crippen LogP contribution in [0.4, 0.5) is 10.5 Å². The van der Waals surface area contributed by atoms with E-state index < -0.39 is 29.8 Å². The van der Waals surface area contributed by atoms with Gasteiger partial charge in [0.1, 0.15) is 29.2 Å². The van der Waals surface area contributed by atoms with Gasteiger partial charge in [0, 0.05) is 35.2 Å². The van der Waals surface area contributed by atoms with Crippen LogP contribution in [0.5, 0.6) is 23.0 Å². The zero-order valence-electron chi connectivity index (χ0n) is 19.9. The molecule has 0 fully saturated rings. The summed E-state index contributed by atoms with van der Waals surface area (Å²) in [6.07, 6.45) is -1.44. The van der Waals surface area contributed by atoms with Crippen molar-refractivity contribution in [1.82, 2.24) is 5.32 Å². The fourth-order valence-corrected chi connectivity index (χ4v) is 4.92. The van der Waals surface area contributed by atoms with Crippen molar-refractivity contribution in [3.63, 3.8) is 0 Å². The predicted octanol–water partition coefficient (Wildman–Crippen LogP) is 3.75. The van der Waals surface area contributed by atoms with Crippen LogP contribution in [0.3, 0.4) is 0 Å². The molecule has 2 aliphatic heterocycles. The summed E-state index contributed by atoms with van der Waals surface area (Å²) < 4.78 is 12.0. The number of aliphatic hydroxyl groups is 1. The van der Waals surface area contributed by atoms with Gasteiger partial charge in [-0.1, -0.05) is 12.1 Å². The highest BCUT2D eigenvalue weighted by Gasteiger charge is 2.54. The molecule has 2 aliphatic rings. The number of ether oxygens (including phenoxy) is 2. The lowest BCUT2D eigenvalue weighted by atomic mass is 9.77. The molecule has 5 rings (SSSR count). The highest BCUT2D eigenvalue weighted by Crippen LogP contribution is 2.57. The molecule has 0 aromatic heterocycles. The zero-order chi connectivity index (χ0) is 27.0. The summed E-state index contributed by atoms with van der Waals surface area (Å²) in [4.78, 5) is 35.3. The van der Waals surface area contributed by atoms with E-state index >= 15 is 0 Å². The maximum absolute atomic E-state index is 13.3. The molecule has 11 nitrogen and oxygen atoms in total. The summed E-state index contributed by atoms with van der Waals surface area (Å²) in [7, 11) is 0. The third-order valence-electron chi connectivity index (χ3n) is 6.50. The number of nitrogens with one attached hydrogen (secondary N) is 2. The lowest BCUT2D eigenvalue weighted by Crippen LogP contribution is -2.32. The van der Waals surface area contributed by atoms with Crippen LogP contribution >= 0.6 is 0 Å². The molecule has 1 unspecified atom stereocenters. The fraction of sp³-hybridized carbons (Fsp3) is 0.222. The minimum Gasteiger partial charge on any atom is -0.508 e. The van der Waals surface area contributed by atoms with E-state index in [9.17, 15) is 29.7 Å². The number of hydrogen-bond acceptors (Lipinski definition) is 9. The number of phenols is 2. The highest BCUT2D eigenvalue weighted by molar-refractivity contribution is 6.02. The monoisotopic (exact) mass is 520 g/mol. The quantitative estimate of drug-likeness (QED) is 0.153. The average molecular weight is 520 g/mol. The maximum atomic E-state index is 13.3. The molecule has 3 aromatic carbocycles. The largest absolute Gasteiger partial charge is 0.508 e. The van der Waals surface area contributed by atoms with Crippen molar-refractivity contribution in [2.24, 2.45) is 0 Å². The molecule has 3 aromatic rings. The number of amides is 2. The fourth-order valence-electron chi connectivity index (χ4n) is 4.92. The minimum absolute atomic E-state index is 0.000594. The molecule has 0 saturated heterocycles. The van der Waals surface area contributed by atoms with Gasteiger partial charge < -0.3 is 35.2 Å². The number of esters is 1. The molecule has 0 bridgehead atoms. The number of carboxylic acid groups (broad SMARTS) is 1. The molecule has 196 valence electrons. The topological polar surface area (TPSA) is 175 Å². The second-order valence-corrected chi connectivity index (χ2v) is 9.02. The molecule has 1 spiro atoms. The van der Waals surface area contributed by atoms with E-state index in [0.29, 0.717) is 35.2 Å². The third kappa shape index (κ3) is 4.33. The third-order valence-corrected chi connectivity index (χ3v) is 6.50. The van der Waals surface area contributed by atoms with Crippen LogP contribution in [0, 0.1) is 0 Å². The van der Waals surface area contributed by atoms with E-state index in [1.807, 2.05) is 0 Å². The van der Waals surface area contributed by atoms with Crippen LogP contribution in [0.15, 0.2) is 54.6 Å². The van der Waals surface area contributed by atoms with Gasteiger partial charge in [-0.3, -0.25) is 10.1 Å². The van der Waals surface area contributed by atoms with E-state index in [4.69, 9.17) is 14.6 Å². The Kier molecular flexibility index (Phi) is 6.29. The van der Waals surface area contributed by atoms with E-state index in [0.717, 1.165) is 0 Å². The van der Waals surface area contributed by atoms with Gasteiger partial charge >= 0.3 is 12.1 Å². The Morgan fingerprint density at radius 1 is 0.921 bits per heavy atom. The van der Waals surface area contributed by atoms with Gasteiger partial charge in [0.05, 0.1) is 11.3 Å². The summed E-state index contributed by atoms with van der Waals surface area (Å²) in [6.45, 7) is 0. The van der Waals surface area contributed by atoms with Crippen LogP contribution in [0.1, 0.15) is 52.7 Å². The molecule has 0 saturated carbocycles. The standard InChI is InChI=1S/C27H24N2O9/c30-14-8-10-16-20(12-14)37-21-13-15(31)9-11-17(21)27(16)18-4-3-5-19(24(18)25(34)38-27)28-22(32)6-1-2-7-23(33)29-26(35)36/h3-5,8-13,22,28,30-32H,1-2,6-7H2,(H,29,33)(H,35,36). The summed E-state index contributed by atoms with van der Waals surface area (Å²) in [6, 6.07) is 14.0. The Morgan fingerprint density at radius 2 is 1.58 bits per heavy atom. The Hall–Kier alpha value is -4.77. The number of carbonyl (C=O) groups excluding carboxylic acids is 2. The predicted molar refractivity (Wildman–Crippen MR) is 132 cm³/mol. The number of imide groups is 1. The lowest BCUT2D eigenvalue weighted by Gasteiger charge is -2.36. The van der Waals surface area contributed by atoms with Crippen LogP contribution in [0.2, 0.25) is 0 Å². The molecule has 0 aliphatic carbocycles. The molecule has 1 atom stereocenters. The first-order chi connectivity index (χ1) is 18.2. The maximum Gasteiger partial charge on any atom is 0.411 e. The Bertz CT molecular complexity index is 1400. The number of rotatable bonds is 7. The minimum atomic E-state index is -1.42. The van der Waals surface area contributed by atoms with Gasteiger partial charge in [-0.15, -0.1) is 0 Å². The summed E-state index contributed by atoms with van der Waals surface area (Å²) in [5.41, 5.74) is 0.597. The molecule has 11 heteroatoms. The SMILES string of the molecule is O=C(O)NC(=O)CCCCC(O)Nc1cccc2c1C(=O)OC21c2ccc(O)cc2Oc2cc(O)ccc21. The van der Waals surface area contributed by atoms with Crippen molar-refractivity contribution in [2.75, 3.05) is 5.32 Å². The first-order valence-corrected chi connectivity index (χ1v) is 11.9. The molecular weight excluding hydrogens is 496 g/mol. The van der Waals surface area contributed by atoms with Crippen LogP contribution in [-0.2, 0) is 15.1 Å². The van der Waals surface area contributed by atoms with Gasteiger partial charge in [-0.05, 0) is 49.6 Å². The number of benzene rings is 3.